The van der Waals surface area contributed by atoms with E-state index in [9.17, 15) is 9.18 Å². The van der Waals surface area contributed by atoms with Crippen LogP contribution in [0.3, 0.4) is 0 Å². The van der Waals surface area contributed by atoms with Crippen molar-refractivity contribution in [3.05, 3.63) is 59.4 Å². The fraction of sp³-hybridized carbons (Fsp3) is 0.263. The van der Waals surface area contributed by atoms with Crippen molar-refractivity contribution < 1.29 is 13.9 Å². The molecule has 0 aliphatic rings. The van der Waals surface area contributed by atoms with Gasteiger partial charge in [0.15, 0.2) is 0 Å². The number of tetrazole rings is 1. The molecular formula is C19H20FN5O2S. The van der Waals surface area contributed by atoms with Crippen LogP contribution in [0.1, 0.15) is 11.1 Å². The zero-order valence-corrected chi connectivity index (χ0v) is 16.4. The molecule has 1 aromatic heterocycles. The van der Waals surface area contributed by atoms with Gasteiger partial charge in [-0.25, -0.2) is 4.39 Å². The number of benzene rings is 2. The second-order valence-electron chi connectivity index (χ2n) is 6.06. The summed E-state index contributed by atoms with van der Waals surface area (Å²) >= 11 is 1.24. The number of hydrogen-bond acceptors (Lipinski definition) is 6. The number of aromatic nitrogens is 4. The number of carbonyl (C=O) groups excluding carboxylic acids is 1. The molecule has 3 rings (SSSR count). The van der Waals surface area contributed by atoms with Crippen LogP contribution in [-0.4, -0.2) is 45.5 Å². The van der Waals surface area contributed by atoms with E-state index < -0.39 is 0 Å². The van der Waals surface area contributed by atoms with E-state index in [4.69, 9.17) is 4.74 Å². The largest absolute Gasteiger partial charge is 0.494 e. The molecule has 0 fully saturated rings. The number of carbonyl (C=O) groups is 1. The number of nitrogens with zero attached hydrogens (tertiary/aromatic N) is 4. The average molecular weight is 401 g/mol. The van der Waals surface area contributed by atoms with Gasteiger partial charge in [0.05, 0.1) is 12.9 Å². The van der Waals surface area contributed by atoms with E-state index in [1.165, 1.54) is 23.9 Å². The van der Waals surface area contributed by atoms with Crippen LogP contribution in [-0.2, 0) is 11.2 Å². The molecule has 3 aromatic rings. The Bertz CT molecular complexity index is 946. The number of methoxy groups -OCH3 is 1. The lowest BCUT2D eigenvalue weighted by Crippen LogP contribution is -2.27. The monoisotopic (exact) mass is 401 g/mol. The summed E-state index contributed by atoms with van der Waals surface area (Å²) in [4.78, 5) is 12.1. The minimum Gasteiger partial charge on any atom is -0.494 e. The van der Waals surface area contributed by atoms with Gasteiger partial charge in [0.25, 0.3) is 0 Å². The molecule has 0 saturated carbocycles. The number of aryl methyl sites for hydroxylation is 1. The molecule has 7 nitrogen and oxygen atoms in total. The number of ether oxygens (including phenoxy) is 1. The van der Waals surface area contributed by atoms with Crippen molar-refractivity contribution in [2.45, 2.75) is 18.5 Å². The quantitative estimate of drug-likeness (QED) is 0.584. The molecule has 146 valence electrons. The Labute approximate surface area is 166 Å². The van der Waals surface area contributed by atoms with Gasteiger partial charge in [0, 0.05) is 6.54 Å². The van der Waals surface area contributed by atoms with Crippen molar-refractivity contribution in [1.82, 2.24) is 25.5 Å². The van der Waals surface area contributed by atoms with Gasteiger partial charge < -0.3 is 10.1 Å². The molecule has 0 atom stereocenters. The summed E-state index contributed by atoms with van der Waals surface area (Å²) in [5, 5.41) is 15.1. The first-order chi connectivity index (χ1) is 13.6. The van der Waals surface area contributed by atoms with Crippen LogP contribution in [0, 0.1) is 12.7 Å². The van der Waals surface area contributed by atoms with E-state index in [-0.39, 0.29) is 17.5 Å². The predicted octanol–water partition coefficient (Wildman–Crippen LogP) is 2.57. The lowest BCUT2D eigenvalue weighted by Gasteiger charge is -2.10. The van der Waals surface area contributed by atoms with Gasteiger partial charge in [-0.2, -0.15) is 4.68 Å². The Morgan fingerprint density at radius 1 is 1.25 bits per heavy atom. The molecule has 0 radical (unpaired) electrons. The molecule has 28 heavy (non-hydrogen) atoms. The van der Waals surface area contributed by atoms with Crippen molar-refractivity contribution in [2.75, 3.05) is 19.4 Å². The summed E-state index contributed by atoms with van der Waals surface area (Å²) < 4.78 is 19.8. The van der Waals surface area contributed by atoms with Crippen molar-refractivity contribution in [3.63, 3.8) is 0 Å². The summed E-state index contributed by atoms with van der Waals surface area (Å²) in [7, 11) is 1.58. The SMILES string of the molecule is COc1ccc(C)cc1-n1nnnc1SCC(=O)NCCc1ccc(F)cc1. The Morgan fingerprint density at radius 3 is 2.79 bits per heavy atom. The highest BCUT2D eigenvalue weighted by Gasteiger charge is 2.15. The molecular weight excluding hydrogens is 381 g/mol. The number of nitrogens with one attached hydrogen (secondary N) is 1. The maximum absolute atomic E-state index is 12.9. The van der Waals surface area contributed by atoms with Crippen LogP contribution in [0.25, 0.3) is 5.69 Å². The molecule has 0 aliphatic carbocycles. The standard InChI is InChI=1S/C19H20FN5O2S/c1-13-3-8-17(27-2)16(11-13)25-19(22-23-24-25)28-12-18(26)21-10-9-14-4-6-15(20)7-5-14/h3-8,11H,9-10,12H2,1-2H3,(H,21,26). The van der Waals surface area contributed by atoms with Crippen molar-refractivity contribution in [2.24, 2.45) is 0 Å². The normalized spacial score (nSPS) is 10.7. The van der Waals surface area contributed by atoms with Gasteiger partial charge in [0.2, 0.25) is 11.1 Å². The van der Waals surface area contributed by atoms with E-state index in [0.29, 0.717) is 29.6 Å². The lowest BCUT2D eigenvalue weighted by atomic mass is 10.1. The fourth-order valence-electron chi connectivity index (χ4n) is 2.56. The maximum Gasteiger partial charge on any atom is 0.230 e. The van der Waals surface area contributed by atoms with E-state index in [2.05, 4.69) is 20.8 Å². The number of rotatable bonds is 8. The number of halogens is 1. The smallest absolute Gasteiger partial charge is 0.230 e. The van der Waals surface area contributed by atoms with Gasteiger partial charge in [-0.05, 0) is 59.2 Å². The molecule has 0 bridgehead atoms. The summed E-state index contributed by atoms with van der Waals surface area (Å²) in [6.45, 7) is 2.44. The molecule has 2 aromatic carbocycles. The Hall–Kier alpha value is -2.94. The van der Waals surface area contributed by atoms with Crippen LogP contribution in [0.2, 0.25) is 0 Å². The number of amides is 1. The first kappa shape index (κ1) is 19.8. The molecule has 0 unspecified atom stereocenters. The zero-order valence-electron chi connectivity index (χ0n) is 15.6. The third-order valence-corrected chi connectivity index (χ3v) is 4.90. The van der Waals surface area contributed by atoms with Crippen molar-refractivity contribution in [3.8, 4) is 11.4 Å². The van der Waals surface area contributed by atoms with Crippen LogP contribution in [0.4, 0.5) is 4.39 Å². The van der Waals surface area contributed by atoms with Crippen molar-refractivity contribution >= 4 is 17.7 Å². The molecule has 1 N–H and O–H groups in total. The van der Waals surface area contributed by atoms with Gasteiger partial charge in [-0.15, -0.1) is 5.10 Å². The Balaban J connectivity index is 1.55. The van der Waals surface area contributed by atoms with Crippen LogP contribution >= 0.6 is 11.8 Å². The van der Waals surface area contributed by atoms with Crippen LogP contribution < -0.4 is 10.1 Å². The summed E-state index contributed by atoms with van der Waals surface area (Å²) in [6, 6.07) is 11.9. The highest BCUT2D eigenvalue weighted by atomic mass is 32.2. The third-order valence-electron chi connectivity index (χ3n) is 3.98. The van der Waals surface area contributed by atoms with E-state index in [0.717, 1.165) is 11.1 Å². The first-order valence-corrected chi connectivity index (χ1v) is 9.62. The second kappa shape index (κ2) is 9.32. The molecule has 0 saturated heterocycles. The van der Waals surface area contributed by atoms with Crippen LogP contribution in [0.5, 0.6) is 5.75 Å². The summed E-state index contributed by atoms with van der Waals surface area (Å²) in [5.74, 6) is 0.422. The topological polar surface area (TPSA) is 81.9 Å². The lowest BCUT2D eigenvalue weighted by molar-refractivity contribution is -0.118. The Kier molecular flexibility index (Phi) is 6.59. The van der Waals surface area contributed by atoms with E-state index in [1.807, 2.05) is 25.1 Å². The van der Waals surface area contributed by atoms with Gasteiger partial charge in [-0.1, -0.05) is 30.0 Å². The maximum atomic E-state index is 12.9. The molecule has 1 amide bonds. The fourth-order valence-corrected chi connectivity index (χ4v) is 3.28. The Morgan fingerprint density at radius 2 is 2.04 bits per heavy atom. The summed E-state index contributed by atoms with van der Waals surface area (Å²) in [6.07, 6.45) is 0.634. The molecule has 9 heteroatoms. The molecule has 0 aliphatic heterocycles. The van der Waals surface area contributed by atoms with E-state index >= 15 is 0 Å². The van der Waals surface area contributed by atoms with Gasteiger partial charge in [-0.3, -0.25) is 4.79 Å². The van der Waals surface area contributed by atoms with Gasteiger partial charge in [0.1, 0.15) is 17.3 Å². The molecule has 0 spiro atoms. The second-order valence-corrected chi connectivity index (χ2v) is 7.01. The van der Waals surface area contributed by atoms with Crippen LogP contribution in [0.15, 0.2) is 47.6 Å². The number of hydrogen-bond donors (Lipinski definition) is 1. The summed E-state index contributed by atoms with van der Waals surface area (Å²) in [5.41, 5.74) is 2.72. The number of thioether (sulfide) groups is 1. The van der Waals surface area contributed by atoms with E-state index in [1.54, 1.807) is 23.9 Å². The minimum atomic E-state index is -0.271. The molecule has 1 heterocycles. The zero-order chi connectivity index (χ0) is 19.9. The first-order valence-electron chi connectivity index (χ1n) is 8.64. The van der Waals surface area contributed by atoms with Gasteiger partial charge >= 0.3 is 0 Å². The minimum absolute atomic E-state index is 0.127. The highest BCUT2D eigenvalue weighted by Crippen LogP contribution is 2.26. The highest BCUT2D eigenvalue weighted by molar-refractivity contribution is 7.99. The third kappa shape index (κ3) is 5.07. The van der Waals surface area contributed by atoms with Crippen molar-refractivity contribution in [1.29, 1.82) is 0 Å². The predicted molar refractivity (Wildman–Crippen MR) is 104 cm³/mol. The average Bonchev–Trinajstić information content (AvgIpc) is 3.16.